The quantitative estimate of drug-likeness (QED) is 0.453. The molecule has 2 fully saturated rings. The highest BCUT2D eigenvalue weighted by Crippen LogP contribution is 2.32. The minimum absolute atomic E-state index is 0.0304. The van der Waals surface area contributed by atoms with Crippen molar-refractivity contribution in [2.75, 3.05) is 5.75 Å². The SMILES string of the molecule is Cc1nnc(SCC(=O)NN2C(=O)N[C@@](C)(CCc3ccccc3)C2=O)n1C1CCCCC1. The first kappa shape index (κ1) is 23.3. The Morgan fingerprint density at radius 1 is 1.18 bits per heavy atom. The van der Waals surface area contributed by atoms with Crippen LogP contribution in [0.5, 0.6) is 0 Å². The summed E-state index contributed by atoms with van der Waals surface area (Å²) in [6.45, 7) is 3.61. The van der Waals surface area contributed by atoms with Crippen LogP contribution in [0.25, 0.3) is 0 Å². The molecular weight excluding hydrogens is 440 g/mol. The van der Waals surface area contributed by atoms with Crippen LogP contribution in [-0.2, 0) is 16.0 Å². The van der Waals surface area contributed by atoms with E-state index in [-0.39, 0.29) is 5.75 Å². The lowest BCUT2D eigenvalue weighted by Crippen LogP contribution is -2.49. The summed E-state index contributed by atoms with van der Waals surface area (Å²) < 4.78 is 2.12. The number of nitrogens with one attached hydrogen (secondary N) is 2. The molecule has 2 N–H and O–H groups in total. The van der Waals surface area contributed by atoms with Crippen molar-refractivity contribution in [2.45, 2.75) is 75.5 Å². The van der Waals surface area contributed by atoms with E-state index >= 15 is 0 Å². The van der Waals surface area contributed by atoms with E-state index in [2.05, 4.69) is 25.5 Å². The van der Waals surface area contributed by atoms with Crippen LogP contribution in [0.3, 0.4) is 0 Å². The molecule has 1 atom stereocenters. The van der Waals surface area contributed by atoms with Crippen molar-refractivity contribution >= 4 is 29.6 Å². The highest BCUT2D eigenvalue weighted by Gasteiger charge is 2.48. The van der Waals surface area contributed by atoms with Crippen LogP contribution in [-0.4, -0.2) is 48.9 Å². The molecule has 2 aliphatic rings. The van der Waals surface area contributed by atoms with E-state index in [0.29, 0.717) is 24.0 Å². The number of carbonyl (C=O) groups excluding carboxylic acids is 3. The Balaban J connectivity index is 1.33. The van der Waals surface area contributed by atoms with E-state index in [4.69, 9.17) is 0 Å². The zero-order valence-electron chi connectivity index (χ0n) is 19.0. The molecule has 1 aromatic carbocycles. The van der Waals surface area contributed by atoms with E-state index in [1.165, 1.54) is 31.0 Å². The minimum Gasteiger partial charge on any atom is -0.322 e. The van der Waals surface area contributed by atoms with Crippen LogP contribution in [0.2, 0.25) is 0 Å². The maximum absolute atomic E-state index is 12.9. The van der Waals surface area contributed by atoms with Crippen molar-refractivity contribution in [3.8, 4) is 0 Å². The maximum atomic E-state index is 12.9. The lowest BCUT2D eigenvalue weighted by molar-refractivity contribution is -0.138. The Kier molecular flexibility index (Phi) is 7.02. The van der Waals surface area contributed by atoms with Crippen LogP contribution in [0.1, 0.15) is 62.9 Å². The standard InChI is InChI=1S/C23H30N6O3S/c1-16-25-26-22(28(16)18-11-7-4-8-12-18)33-15-19(30)27-29-20(31)23(2,24-21(29)32)14-13-17-9-5-3-6-10-17/h3,5-6,9-10,18H,4,7-8,11-15H2,1-2H3,(H,24,32)(H,27,30)/t23-/m0/s1. The Labute approximate surface area is 197 Å². The third-order valence-corrected chi connectivity index (χ3v) is 7.30. The van der Waals surface area contributed by atoms with Crippen molar-refractivity contribution in [2.24, 2.45) is 0 Å². The van der Waals surface area contributed by atoms with Gasteiger partial charge in [-0.05, 0) is 45.1 Å². The monoisotopic (exact) mass is 470 g/mol. The van der Waals surface area contributed by atoms with Gasteiger partial charge in [0.25, 0.3) is 5.91 Å². The van der Waals surface area contributed by atoms with E-state index in [1.807, 2.05) is 37.3 Å². The lowest BCUT2D eigenvalue weighted by atomic mass is 9.93. The number of rotatable bonds is 8. The molecule has 10 heteroatoms. The zero-order valence-corrected chi connectivity index (χ0v) is 19.9. The number of thioether (sulfide) groups is 1. The second kappa shape index (κ2) is 9.94. The Bertz CT molecular complexity index is 1020. The van der Waals surface area contributed by atoms with Crippen molar-refractivity contribution in [1.29, 1.82) is 0 Å². The Hall–Kier alpha value is -2.88. The maximum Gasteiger partial charge on any atom is 0.344 e. The summed E-state index contributed by atoms with van der Waals surface area (Å²) in [4.78, 5) is 37.9. The smallest absolute Gasteiger partial charge is 0.322 e. The molecule has 1 aliphatic heterocycles. The van der Waals surface area contributed by atoms with Gasteiger partial charge in [0.1, 0.15) is 11.4 Å². The highest BCUT2D eigenvalue weighted by atomic mass is 32.2. The number of imide groups is 1. The van der Waals surface area contributed by atoms with E-state index in [9.17, 15) is 14.4 Å². The van der Waals surface area contributed by atoms with Crippen LogP contribution in [0.4, 0.5) is 4.79 Å². The van der Waals surface area contributed by atoms with Gasteiger partial charge in [0.05, 0.1) is 5.75 Å². The molecule has 0 spiro atoms. The van der Waals surface area contributed by atoms with Gasteiger partial charge in [-0.1, -0.05) is 61.4 Å². The van der Waals surface area contributed by atoms with Gasteiger partial charge in [-0.15, -0.1) is 10.2 Å². The van der Waals surface area contributed by atoms with Gasteiger partial charge >= 0.3 is 6.03 Å². The van der Waals surface area contributed by atoms with Crippen molar-refractivity contribution in [1.82, 2.24) is 30.5 Å². The summed E-state index contributed by atoms with van der Waals surface area (Å²) in [6.07, 6.45) is 6.86. The molecule has 176 valence electrons. The van der Waals surface area contributed by atoms with Gasteiger partial charge in [0.15, 0.2) is 5.16 Å². The molecule has 4 amide bonds. The first-order valence-corrected chi connectivity index (χ1v) is 12.4. The van der Waals surface area contributed by atoms with Crippen LogP contribution in [0.15, 0.2) is 35.5 Å². The van der Waals surface area contributed by atoms with E-state index in [0.717, 1.165) is 29.2 Å². The number of aryl methyl sites for hydroxylation is 2. The first-order chi connectivity index (χ1) is 15.9. The van der Waals surface area contributed by atoms with E-state index in [1.54, 1.807) is 6.92 Å². The van der Waals surface area contributed by atoms with Gasteiger partial charge in [-0.2, -0.15) is 5.01 Å². The third kappa shape index (κ3) is 5.21. The zero-order chi connectivity index (χ0) is 23.4. The molecule has 9 nitrogen and oxygen atoms in total. The first-order valence-electron chi connectivity index (χ1n) is 11.4. The van der Waals surface area contributed by atoms with Gasteiger partial charge in [-0.3, -0.25) is 15.0 Å². The molecule has 0 bridgehead atoms. The third-order valence-electron chi connectivity index (χ3n) is 6.36. The second-order valence-corrected chi connectivity index (χ2v) is 9.85. The van der Waals surface area contributed by atoms with Crippen LogP contribution < -0.4 is 10.7 Å². The molecule has 1 aromatic heterocycles. The number of carbonyl (C=O) groups is 3. The molecule has 0 unspecified atom stereocenters. The molecule has 1 saturated carbocycles. The van der Waals surface area contributed by atoms with E-state index < -0.39 is 23.4 Å². The fraction of sp³-hybridized carbons (Fsp3) is 0.522. The number of hydrogen-bond donors (Lipinski definition) is 2. The molecule has 2 heterocycles. The highest BCUT2D eigenvalue weighted by molar-refractivity contribution is 7.99. The summed E-state index contributed by atoms with van der Waals surface area (Å²) in [5.41, 5.74) is 2.48. The number of amides is 4. The molecule has 33 heavy (non-hydrogen) atoms. The summed E-state index contributed by atoms with van der Waals surface area (Å²) in [7, 11) is 0. The fourth-order valence-corrected chi connectivity index (χ4v) is 5.33. The predicted molar refractivity (Wildman–Crippen MR) is 124 cm³/mol. The number of urea groups is 1. The number of aromatic nitrogens is 3. The average Bonchev–Trinajstić information content (AvgIpc) is 3.29. The molecular formula is C23H30N6O3S. The largest absolute Gasteiger partial charge is 0.344 e. The van der Waals surface area contributed by atoms with Crippen molar-refractivity contribution in [3.63, 3.8) is 0 Å². The molecule has 1 saturated heterocycles. The number of nitrogens with zero attached hydrogens (tertiary/aromatic N) is 4. The van der Waals surface area contributed by atoms with Crippen LogP contribution >= 0.6 is 11.8 Å². The number of hydrogen-bond acceptors (Lipinski definition) is 6. The summed E-state index contributed by atoms with van der Waals surface area (Å²) >= 11 is 1.27. The summed E-state index contributed by atoms with van der Waals surface area (Å²) in [6, 6.07) is 9.51. The average molecular weight is 471 g/mol. The normalized spacial score (nSPS) is 21.3. The summed E-state index contributed by atoms with van der Waals surface area (Å²) in [5.74, 6) is -0.0226. The topological polar surface area (TPSA) is 109 Å². The summed E-state index contributed by atoms with van der Waals surface area (Å²) in [5, 5.41) is 12.6. The second-order valence-electron chi connectivity index (χ2n) is 8.90. The Morgan fingerprint density at radius 3 is 2.64 bits per heavy atom. The fourth-order valence-electron chi connectivity index (χ4n) is 4.49. The van der Waals surface area contributed by atoms with Crippen molar-refractivity contribution < 1.29 is 14.4 Å². The lowest BCUT2D eigenvalue weighted by Gasteiger charge is -2.25. The van der Waals surface area contributed by atoms with Gasteiger partial charge < -0.3 is 9.88 Å². The molecule has 4 rings (SSSR count). The Morgan fingerprint density at radius 2 is 1.91 bits per heavy atom. The number of benzene rings is 1. The molecule has 1 aliphatic carbocycles. The van der Waals surface area contributed by atoms with Gasteiger partial charge in [0, 0.05) is 6.04 Å². The molecule has 2 aromatic rings. The predicted octanol–water partition coefficient (Wildman–Crippen LogP) is 3.16. The minimum atomic E-state index is -1.06. The molecule has 0 radical (unpaired) electrons. The van der Waals surface area contributed by atoms with Gasteiger partial charge in [-0.25, -0.2) is 4.79 Å². The van der Waals surface area contributed by atoms with Crippen LogP contribution in [0, 0.1) is 6.92 Å². The van der Waals surface area contributed by atoms with Gasteiger partial charge in [0.2, 0.25) is 5.91 Å². The van der Waals surface area contributed by atoms with Crippen molar-refractivity contribution in [3.05, 3.63) is 41.7 Å². The number of hydrazine groups is 1.